The highest BCUT2D eigenvalue weighted by atomic mass is 32.1. The molecule has 13 heterocycles. The Morgan fingerprint density at radius 2 is 0.795 bits per heavy atom. The van der Waals surface area contributed by atoms with Gasteiger partial charge in [0.15, 0.2) is 17.5 Å². The zero-order valence-electron chi connectivity index (χ0n) is 82.7. The third-order valence-corrected chi connectivity index (χ3v) is 23.3. The summed E-state index contributed by atoms with van der Waals surface area (Å²) in [7, 11) is 6.31. The summed E-state index contributed by atoms with van der Waals surface area (Å²) in [5, 5.41) is 38.1. The second-order valence-corrected chi connectivity index (χ2v) is 33.8. The predicted molar refractivity (Wildman–Crippen MR) is 580 cm³/mol. The van der Waals surface area contributed by atoms with E-state index in [-0.39, 0.29) is 144 Å². The van der Waals surface area contributed by atoms with Gasteiger partial charge in [0.05, 0.1) is 111 Å². The number of rotatable bonds is 33. The monoisotopic (exact) mass is 2050 g/mol. The van der Waals surface area contributed by atoms with Crippen molar-refractivity contribution >= 4 is 150 Å². The number of nitrogens with zero attached hydrogens (tertiary/aromatic N) is 20. The number of fused-ring (bicyclic) bond motifs is 5. The maximum absolute atomic E-state index is 14.4. The highest BCUT2D eigenvalue weighted by Crippen LogP contribution is 2.36. The Labute approximate surface area is 871 Å². The van der Waals surface area contributed by atoms with Gasteiger partial charge >= 0.3 is 0 Å². The third kappa shape index (κ3) is 28.5. The minimum absolute atomic E-state index is 0. The van der Waals surface area contributed by atoms with Crippen LogP contribution in [0.25, 0.3) is 88.6 Å². The van der Waals surface area contributed by atoms with E-state index in [9.17, 15) is 28.4 Å². The van der Waals surface area contributed by atoms with Gasteiger partial charge in [-0.2, -0.15) is 59.2 Å². The fourth-order valence-corrected chi connectivity index (χ4v) is 15.6. The van der Waals surface area contributed by atoms with E-state index in [1.165, 1.54) is 32.4 Å². The molecule has 0 radical (unpaired) electrons. The molecule has 37 nitrogen and oxygen atoms in total. The molecule has 12 aromatic heterocycles. The number of nitrogens with one attached hydrogen (secondary N) is 9. The summed E-state index contributed by atoms with van der Waals surface area (Å²) < 4.78 is 31.1. The van der Waals surface area contributed by atoms with Crippen molar-refractivity contribution in [3.8, 4) is 51.1 Å². The number of pyridine rings is 5. The quantitative estimate of drug-likeness (QED) is 0.0172. The number of amides is 5. The van der Waals surface area contributed by atoms with Crippen LogP contribution in [0.1, 0.15) is 196 Å². The Bertz CT molecular complexity index is 7240. The Hall–Kier alpha value is -15.5. The summed E-state index contributed by atoms with van der Waals surface area (Å²) in [4.78, 5) is 144. The van der Waals surface area contributed by atoms with Crippen LogP contribution in [-0.4, -0.2) is 197 Å². The average molecular weight is 2050 g/mol. The SMILES string of the molecule is CNC(=O)c1c(F)cnc2c([C@H](C)CNc3cc(-c4cnc(COC(C)C)nc4)ncn3)cccc12.CNC(=O)c1ccnc2c([C@H](C)CNc3cc(-c4cnc(COC(C)C)nc4)ncn3)cccc12.CNC(=O)c1ccnc2c([C@H](C)CNc3cc(-c4cnc5c(c4)[C@@H](C)OC5)ncn3)cccc12.CNC(=O)c1ncnc2c([C@H](C)CNc3cc(-c4ccc(C(=O)NCCC#N)nc4)ncn3)cccc12.S.S.S.S. The third-order valence-electron chi connectivity index (χ3n) is 23.3. The minimum Gasteiger partial charge on any atom is -0.371 e. The Kier molecular flexibility index (Phi) is 41.8. The van der Waals surface area contributed by atoms with Crippen molar-refractivity contribution in [2.24, 2.45) is 0 Å². The number of anilines is 4. The molecule has 16 aromatic rings. The molecule has 0 aliphatic carbocycles. The zero-order chi connectivity index (χ0) is 100. The largest absolute Gasteiger partial charge is 0.371 e. The highest BCUT2D eigenvalue weighted by Gasteiger charge is 2.26. The van der Waals surface area contributed by atoms with Gasteiger partial charge in [-0.1, -0.05) is 100 Å². The predicted octanol–water partition coefficient (Wildman–Crippen LogP) is 15.5. The Balaban J connectivity index is 0.000000198. The van der Waals surface area contributed by atoms with E-state index in [1.807, 2.05) is 133 Å². The number of nitriles is 1. The van der Waals surface area contributed by atoms with Crippen molar-refractivity contribution < 1.29 is 42.6 Å². The molecule has 0 saturated carbocycles. The van der Waals surface area contributed by atoms with Crippen LogP contribution in [0.5, 0.6) is 0 Å². The molecule has 5 atom stereocenters. The number of hydrogen-bond donors (Lipinski definition) is 9. The van der Waals surface area contributed by atoms with Gasteiger partial charge in [0.1, 0.15) is 79.5 Å². The lowest BCUT2D eigenvalue weighted by Crippen LogP contribution is -2.25. The summed E-state index contributed by atoms with van der Waals surface area (Å²) in [6.07, 6.45) is 22.7. The average Bonchev–Trinajstić information content (AvgIpc) is 1.12. The van der Waals surface area contributed by atoms with Crippen molar-refractivity contribution in [2.75, 3.05) is 82.2 Å². The second-order valence-electron chi connectivity index (χ2n) is 33.8. The summed E-state index contributed by atoms with van der Waals surface area (Å²) >= 11 is 0. The number of carbonyl (C=O) groups excluding carboxylic acids is 5. The molecule has 0 spiro atoms. The second kappa shape index (κ2) is 54.3. The summed E-state index contributed by atoms with van der Waals surface area (Å²) in [5.74, 6) is 2.28. The first kappa shape index (κ1) is 112. The number of carbonyl (C=O) groups is 5. The molecule has 4 aromatic carbocycles. The molecule has 5 amide bonds. The van der Waals surface area contributed by atoms with Crippen LogP contribution in [0.4, 0.5) is 27.7 Å². The molecule has 42 heteroatoms. The fraction of sp³-hybridized carbons (Fsp3) is 0.279. The van der Waals surface area contributed by atoms with E-state index < -0.39 is 11.7 Å². The standard InChI is InChI=1S/C26H28FN7O2.C26H25N9O2.C26H29N7O2.C26H26N6O2.4H2S/c1-15(2)36-13-23-30-10-17(11-31-23)21-8-22(34-14-33-21)29-9-16(3)18-6-5-7-19-24(26(35)28-4)20(27)12-32-25(18)19;1-16(18-5-3-6-19-23(18)34-15-35-24(19)26(37)28-2)12-31-22-11-21(32-14-33-22)17-7-8-20(30-13-17)25(36)29-10-4-9-27;1-16(2)35-14-24-30-12-18(13-31-24)22-10-23(33-15-32-22)29-11-17(3)19-6-5-7-20-21(26(34)27-4)8-9-28-25(19)20;1-15(18-5-4-6-19-20(26(33)27-3)7-8-28-25(18)19)11-30-24-10-22(31-14-32-24)17-9-21-16(2)34-13-23(21)29-12-17;;;;/h5-8,10-12,14-16H,9,13H2,1-4H3,(H,28,35)(H,29,33,34);3,5-8,11,13-16H,4,10,12H2,1-2H3,(H,28,37)(H,29,36)(H,31,32,33);5-10,12-13,15-17H,11,14H2,1-4H3,(H,27,34)(H,29,32,33);4-10,12,14-16H,11,13H2,1-3H3,(H,27,33)(H,30,31,32);4*1H2/t2*16-;17-;15-,16-;;;;/m1111..../s1. The lowest BCUT2D eigenvalue weighted by molar-refractivity contribution is 0.0611. The topological polar surface area (TPSA) is 490 Å². The summed E-state index contributed by atoms with van der Waals surface area (Å²) in [6, 6.07) is 41.5. The van der Waals surface area contributed by atoms with Gasteiger partial charge in [0, 0.05) is 208 Å². The van der Waals surface area contributed by atoms with E-state index in [2.05, 4.69) is 175 Å². The smallest absolute Gasteiger partial charge is 0.270 e. The van der Waals surface area contributed by atoms with Crippen LogP contribution < -0.4 is 47.9 Å². The molecule has 756 valence electrons. The molecular weight excluding hydrogens is 1930 g/mol. The van der Waals surface area contributed by atoms with Gasteiger partial charge in [-0.15, -0.1) is 0 Å². The van der Waals surface area contributed by atoms with Crippen LogP contribution in [-0.2, 0) is 34.0 Å². The Morgan fingerprint density at radius 3 is 1.21 bits per heavy atom. The number of ether oxygens (including phenoxy) is 3. The zero-order valence-corrected chi connectivity index (χ0v) is 86.7. The molecule has 146 heavy (non-hydrogen) atoms. The van der Waals surface area contributed by atoms with E-state index in [0.29, 0.717) is 120 Å². The lowest BCUT2D eigenvalue weighted by atomic mass is 9.96. The molecule has 0 bridgehead atoms. The summed E-state index contributed by atoms with van der Waals surface area (Å²) in [5.41, 5.74) is 17.1. The van der Waals surface area contributed by atoms with E-state index in [1.54, 1.807) is 107 Å². The van der Waals surface area contributed by atoms with Crippen molar-refractivity contribution in [2.45, 2.75) is 131 Å². The van der Waals surface area contributed by atoms with Crippen molar-refractivity contribution in [3.05, 3.63) is 294 Å². The molecule has 0 unspecified atom stereocenters. The molecule has 1 aliphatic rings. The van der Waals surface area contributed by atoms with Crippen LogP contribution >= 0.6 is 54.0 Å². The molecule has 1 aliphatic heterocycles. The molecule has 0 saturated heterocycles. The van der Waals surface area contributed by atoms with Crippen molar-refractivity contribution in [3.63, 3.8) is 0 Å². The number of hydrogen-bond acceptors (Lipinski definition) is 32. The molecule has 17 rings (SSSR count). The van der Waals surface area contributed by atoms with E-state index in [4.69, 9.17) is 19.5 Å². The first-order valence-electron chi connectivity index (χ1n) is 46.2. The van der Waals surface area contributed by atoms with E-state index in [0.717, 1.165) is 106 Å². The number of halogens is 1. The van der Waals surface area contributed by atoms with Crippen molar-refractivity contribution in [1.82, 2.24) is 121 Å². The Morgan fingerprint density at radius 1 is 0.404 bits per heavy atom. The van der Waals surface area contributed by atoms with Gasteiger partial charge in [0.2, 0.25) is 0 Å². The van der Waals surface area contributed by atoms with E-state index >= 15 is 0 Å². The van der Waals surface area contributed by atoms with Crippen LogP contribution in [0, 0.1) is 17.1 Å². The van der Waals surface area contributed by atoms with Gasteiger partial charge in [0.25, 0.3) is 29.5 Å². The van der Waals surface area contributed by atoms with Gasteiger partial charge in [-0.25, -0.2) is 74.2 Å². The highest BCUT2D eigenvalue weighted by molar-refractivity contribution is 7.59. The minimum atomic E-state index is -0.650. The lowest BCUT2D eigenvalue weighted by Gasteiger charge is -2.17. The van der Waals surface area contributed by atoms with Gasteiger partial charge in [-0.05, 0) is 87.2 Å². The number of aromatic nitrogens is 19. The molecular formula is C104H116FN29O8S4. The van der Waals surface area contributed by atoms with Crippen molar-refractivity contribution in [1.29, 1.82) is 5.26 Å². The first-order chi connectivity index (χ1) is 68.9. The van der Waals surface area contributed by atoms with Gasteiger partial charge in [-0.3, -0.25) is 48.9 Å². The van der Waals surface area contributed by atoms with Crippen LogP contribution in [0.2, 0.25) is 0 Å². The number of para-hydroxylation sites is 4. The molecule has 9 N–H and O–H groups in total. The van der Waals surface area contributed by atoms with Gasteiger partial charge < -0.3 is 62.1 Å². The maximum Gasteiger partial charge on any atom is 0.270 e. The fourth-order valence-electron chi connectivity index (χ4n) is 15.6. The first-order valence-corrected chi connectivity index (χ1v) is 46.2. The maximum atomic E-state index is 14.4. The van der Waals surface area contributed by atoms with Crippen LogP contribution in [0.3, 0.4) is 0 Å². The normalized spacial score (nSPS) is 12.4. The summed E-state index contributed by atoms with van der Waals surface area (Å²) in [6.45, 7) is 22.2. The number of benzene rings is 4. The van der Waals surface area contributed by atoms with Crippen LogP contribution in [0.15, 0.2) is 215 Å². The molecule has 0 fully saturated rings.